The Morgan fingerprint density at radius 3 is 2.44 bits per heavy atom. The van der Waals surface area contributed by atoms with E-state index in [1.165, 1.54) is 6.07 Å². The Morgan fingerprint density at radius 1 is 1.19 bits per heavy atom. The van der Waals surface area contributed by atoms with Crippen LogP contribution in [0, 0.1) is 17.6 Å². The van der Waals surface area contributed by atoms with Gasteiger partial charge in [0.2, 0.25) is 0 Å². The molecule has 1 aliphatic rings. The molecule has 1 nitrogen and oxygen atoms in total. The van der Waals surface area contributed by atoms with Gasteiger partial charge in [-0.25, -0.2) is 8.78 Å². The second-order valence-electron chi connectivity index (χ2n) is 4.24. The zero-order valence-electron chi connectivity index (χ0n) is 8.96. The molecule has 2 N–H and O–H groups in total. The summed E-state index contributed by atoms with van der Waals surface area (Å²) in [5.41, 5.74) is 6.28. The predicted molar refractivity (Wildman–Crippen MR) is 62.5 cm³/mol. The van der Waals surface area contributed by atoms with Gasteiger partial charge in [-0.3, -0.25) is 0 Å². The molecule has 1 aromatic rings. The SMILES string of the molecule is Cl.N[C@H](c1cc(F)ccc1F)C1CCCC1. The van der Waals surface area contributed by atoms with Gasteiger partial charge in [0.1, 0.15) is 11.6 Å². The van der Waals surface area contributed by atoms with Crippen molar-refractivity contribution in [3.05, 3.63) is 35.4 Å². The van der Waals surface area contributed by atoms with Crippen molar-refractivity contribution in [2.45, 2.75) is 31.7 Å². The first-order chi connectivity index (χ1) is 7.18. The molecule has 0 unspecified atom stereocenters. The zero-order valence-corrected chi connectivity index (χ0v) is 9.77. The highest BCUT2D eigenvalue weighted by Gasteiger charge is 2.25. The number of benzene rings is 1. The molecule has 4 heteroatoms. The highest BCUT2D eigenvalue weighted by Crippen LogP contribution is 2.35. The molecule has 2 rings (SSSR count). The van der Waals surface area contributed by atoms with Crippen LogP contribution in [0.1, 0.15) is 37.3 Å². The van der Waals surface area contributed by atoms with Gasteiger partial charge in [0.25, 0.3) is 0 Å². The van der Waals surface area contributed by atoms with Gasteiger partial charge in [0, 0.05) is 11.6 Å². The highest BCUT2D eigenvalue weighted by molar-refractivity contribution is 5.85. The minimum absolute atomic E-state index is 0. The molecule has 90 valence electrons. The van der Waals surface area contributed by atoms with Gasteiger partial charge in [0.05, 0.1) is 0 Å². The summed E-state index contributed by atoms with van der Waals surface area (Å²) in [5, 5.41) is 0. The van der Waals surface area contributed by atoms with Crippen LogP contribution >= 0.6 is 12.4 Å². The number of nitrogens with two attached hydrogens (primary N) is 1. The van der Waals surface area contributed by atoms with Crippen molar-refractivity contribution in [2.75, 3.05) is 0 Å². The Morgan fingerprint density at radius 2 is 1.81 bits per heavy atom. The first-order valence-electron chi connectivity index (χ1n) is 5.39. The van der Waals surface area contributed by atoms with E-state index in [4.69, 9.17) is 5.73 Å². The number of hydrogen-bond donors (Lipinski definition) is 1. The van der Waals surface area contributed by atoms with Crippen molar-refractivity contribution in [1.82, 2.24) is 0 Å². The molecule has 0 radical (unpaired) electrons. The van der Waals surface area contributed by atoms with Crippen LogP contribution in [0.5, 0.6) is 0 Å². The van der Waals surface area contributed by atoms with Crippen molar-refractivity contribution in [3.63, 3.8) is 0 Å². The monoisotopic (exact) mass is 247 g/mol. The van der Waals surface area contributed by atoms with E-state index >= 15 is 0 Å². The molecule has 0 saturated heterocycles. The summed E-state index contributed by atoms with van der Waals surface area (Å²) in [6, 6.07) is 3.14. The predicted octanol–water partition coefficient (Wildman–Crippen LogP) is 3.58. The van der Waals surface area contributed by atoms with Crippen LogP contribution in [-0.2, 0) is 0 Å². The topological polar surface area (TPSA) is 26.0 Å². The molecule has 1 aliphatic carbocycles. The fourth-order valence-corrected chi connectivity index (χ4v) is 2.34. The summed E-state index contributed by atoms with van der Waals surface area (Å²) < 4.78 is 26.4. The van der Waals surface area contributed by atoms with E-state index in [0.717, 1.165) is 37.8 Å². The lowest BCUT2D eigenvalue weighted by molar-refractivity contribution is 0.426. The Labute approximate surface area is 100 Å². The molecule has 0 heterocycles. The summed E-state index contributed by atoms with van der Waals surface area (Å²) in [6.07, 6.45) is 4.35. The van der Waals surface area contributed by atoms with E-state index < -0.39 is 11.6 Å². The third-order valence-electron chi connectivity index (χ3n) is 3.22. The molecular weight excluding hydrogens is 232 g/mol. The van der Waals surface area contributed by atoms with Crippen LogP contribution in [0.2, 0.25) is 0 Å². The van der Waals surface area contributed by atoms with Crippen LogP contribution in [0.15, 0.2) is 18.2 Å². The van der Waals surface area contributed by atoms with Crippen molar-refractivity contribution in [3.8, 4) is 0 Å². The maximum absolute atomic E-state index is 13.4. The Balaban J connectivity index is 0.00000128. The number of rotatable bonds is 2. The van der Waals surface area contributed by atoms with Gasteiger partial charge >= 0.3 is 0 Å². The molecular formula is C12H16ClF2N. The molecule has 1 saturated carbocycles. The van der Waals surface area contributed by atoms with Crippen LogP contribution in [0.3, 0.4) is 0 Å². The summed E-state index contributed by atoms with van der Waals surface area (Å²) in [7, 11) is 0. The summed E-state index contributed by atoms with van der Waals surface area (Å²) in [6.45, 7) is 0. The summed E-state index contributed by atoms with van der Waals surface area (Å²) in [5.74, 6) is -0.503. The van der Waals surface area contributed by atoms with Crippen LogP contribution < -0.4 is 5.73 Å². The van der Waals surface area contributed by atoms with E-state index in [1.54, 1.807) is 0 Å². The maximum Gasteiger partial charge on any atom is 0.128 e. The van der Waals surface area contributed by atoms with Crippen LogP contribution in [0.25, 0.3) is 0 Å². The van der Waals surface area contributed by atoms with Crippen LogP contribution in [0.4, 0.5) is 8.78 Å². The van der Waals surface area contributed by atoms with Crippen molar-refractivity contribution >= 4 is 12.4 Å². The minimum atomic E-state index is -0.417. The normalized spacial score (nSPS) is 18.2. The molecule has 0 bridgehead atoms. The molecule has 1 atom stereocenters. The minimum Gasteiger partial charge on any atom is -0.324 e. The van der Waals surface area contributed by atoms with Gasteiger partial charge in [0.15, 0.2) is 0 Å². The molecule has 16 heavy (non-hydrogen) atoms. The van der Waals surface area contributed by atoms with Gasteiger partial charge in [-0.15, -0.1) is 12.4 Å². The molecule has 0 aliphatic heterocycles. The average molecular weight is 248 g/mol. The molecule has 0 aromatic heterocycles. The van der Waals surface area contributed by atoms with Crippen molar-refractivity contribution < 1.29 is 8.78 Å². The highest BCUT2D eigenvalue weighted by atomic mass is 35.5. The summed E-state index contributed by atoms with van der Waals surface area (Å²) in [4.78, 5) is 0. The van der Waals surface area contributed by atoms with Crippen molar-refractivity contribution in [1.29, 1.82) is 0 Å². The second-order valence-corrected chi connectivity index (χ2v) is 4.24. The second kappa shape index (κ2) is 5.60. The Hall–Kier alpha value is -0.670. The lowest BCUT2D eigenvalue weighted by Crippen LogP contribution is -2.20. The molecule has 1 aromatic carbocycles. The lowest BCUT2D eigenvalue weighted by atomic mass is 9.92. The number of halogens is 3. The molecule has 1 fully saturated rings. The fraction of sp³-hybridized carbons (Fsp3) is 0.500. The summed E-state index contributed by atoms with van der Waals surface area (Å²) >= 11 is 0. The van der Waals surface area contributed by atoms with Crippen molar-refractivity contribution in [2.24, 2.45) is 11.7 Å². The van der Waals surface area contributed by atoms with E-state index in [0.29, 0.717) is 11.5 Å². The quantitative estimate of drug-likeness (QED) is 0.850. The first-order valence-corrected chi connectivity index (χ1v) is 5.39. The maximum atomic E-state index is 13.4. The van der Waals surface area contributed by atoms with Gasteiger partial charge < -0.3 is 5.73 Å². The van der Waals surface area contributed by atoms with Gasteiger partial charge in [-0.1, -0.05) is 12.8 Å². The Bertz CT molecular complexity index is 351. The lowest BCUT2D eigenvalue weighted by Gasteiger charge is -2.19. The Kier molecular flexibility index (Phi) is 4.69. The largest absolute Gasteiger partial charge is 0.324 e. The smallest absolute Gasteiger partial charge is 0.128 e. The van der Waals surface area contributed by atoms with E-state index in [2.05, 4.69) is 0 Å². The number of hydrogen-bond acceptors (Lipinski definition) is 1. The van der Waals surface area contributed by atoms with Gasteiger partial charge in [-0.2, -0.15) is 0 Å². The van der Waals surface area contributed by atoms with E-state index in [1.807, 2.05) is 0 Å². The standard InChI is InChI=1S/C12H15F2N.ClH/c13-9-5-6-11(14)10(7-9)12(15)8-3-1-2-4-8;/h5-8,12H,1-4,15H2;1H/t12-;/m0./s1. The fourth-order valence-electron chi connectivity index (χ4n) is 2.34. The molecule has 0 amide bonds. The third kappa shape index (κ3) is 2.71. The average Bonchev–Trinajstić information content (AvgIpc) is 2.74. The van der Waals surface area contributed by atoms with E-state index in [-0.39, 0.29) is 18.4 Å². The van der Waals surface area contributed by atoms with Gasteiger partial charge in [-0.05, 0) is 37.0 Å². The molecule has 0 spiro atoms. The van der Waals surface area contributed by atoms with Crippen LogP contribution in [-0.4, -0.2) is 0 Å². The third-order valence-corrected chi connectivity index (χ3v) is 3.22. The first kappa shape index (κ1) is 13.4. The zero-order chi connectivity index (χ0) is 10.8. The van der Waals surface area contributed by atoms with E-state index in [9.17, 15) is 8.78 Å².